The molecule has 0 atom stereocenters. The second kappa shape index (κ2) is 16.5. The molecule has 0 saturated heterocycles. The zero-order chi connectivity index (χ0) is 33.2. The summed E-state index contributed by atoms with van der Waals surface area (Å²) in [5.41, 5.74) is 3.89. The van der Waals surface area contributed by atoms with Crippen LogP contribution in [0.4, 0.5) is 0 Å². The molecule has 48 heavy (non-hydrogen) atoms. The van der Waals surface area contributed by atoms with Gasteiger partial charge in [-0.05, 0) is 19.1 Å². The number of benzene rings is 3. The molecular weight excluding hydrogens is 814 g/mol. The van der Waals surface area contributed by atoms with Crippen LogP contribution in [0, 0.1) is 16.2 Å². The van der Waals surface area contributed by atoms with Crippen LogP contribution in [-0.2, 0) is 17.9 Å². The molecule has 0 unspecified atom stereocenters. The van der Waals surface area contributed by atoms with Gasteiger partial charge in [-0.1, -0.05) is 6.08 Å². The van der Waals surface area contributed by atoms with Gasteiger partial charge < -0.3 is 0 Å². The molecule has 1 aliphatic rings. The van der Waals surface area contributed by atoms with Crippen LogP contribution in [0.2, 0.25) is 0 Å². The van der Waals surface area contributed by atoms with E-state index in [1.165, 1.54) is 53.4 Å². The van der Waals surface area contributed by atoms with E-state index in [1.807, 2.05) is 17.9 Å². The van der Waals surface area contributed by atoms with Crippen molar-refractivity contribution in [2.75, 3.05) is 0 Å². The molecular formula is C44H37OsPS2+. The molecule has 5 aromatic rings. The van der Waals surface area contributed by atoms with Gasteiger partial charge in [-0.3, -0.25) is 0 Å². The van der Waals surface area contributed by atoms with E-state index in [9.17, 15) is 0 Å². The van der Waals surface area contributed by atoms with E-state index in [-0.39, 0.29) is 0 Å². The number of hydrogen-bond acceptors (Lipinski definition) is 2. The Kier molecular flexibility index (Phi) is 11.7. The molecule has 1 fully saturated rings. The first-order valence-electron chi connectivity index (χ1n) is 16.2. The van der Waals surface area contributed by atoms with Gasteiger partial charge in [0.25, 0.3) is 0 Å². The van der Waals surface area contributed by atoms with Crippen molar-refractivity contribution in [2.24, 2.45) is 0 Å². The van der Waals surface area contributed by atoms with Gasteiger partial charge in [0.1, 0.15) is 0 Å². The summed E-state index contributed by atoms with van der Waals surface area (Å²) in [5.74, 6) is 7.37. The maximum atomic E-state index is 3.82. The fraction of sp³-hybridized carbons (Fsp3) is 0.114. The Morgan fingerprint density at radius 2 is 1.17 bits per heavy atom. The van der Waals surface area contributed by atoms with Crippen molar-refractivity contribution in [3.8, 4) is 16.2 Å². The van der Waals surface area contributed by atoms with Crippen LogP contribution in [0.25, 0.3) is 18.2 Å². The van der Waals surface area contributed by atoms with Crippen molar-refractivity contribution in [3.05, 3.63) is 175 Å². The summed E-state index contributed by atoms with van der Waals surface area (Å²) in [6.07, 6.45) is 16.7. The average molecular weight is 851 g/mol. The number of allylic oxidation sites excluding steroid dienone is 7. The van der Waals surface area contributed by atoms with Crippen molar-refractivity contribution in [3.63, 3.8) is 0 Å². The van der Waals surface area contributed by atoms with E-state index < -0.39 is 7.26 Å². The van der Waals surface area contributed by atoms with Gasteiger partial charge in [0.15, 0.2) is 0 Å². The van der Waals surface area contributed by atoms with Crippen molar-refractivity contribution in [1.29, 1.82) is 0 Å². The summed E-state index contributed by atoms with van der Waals surface area (Å²) in [4.78, 5) is 4.78. The third kappa shape index (κ3) is 7.57. The van der Waals surface area contributed by atoms with E-state index in [0.29, 0.717) is 0 Å². The molecule has 6 rings (SSSR count). The van der Waals surface area contributed by atoms with Gasteiger partial charge in [0.2, 0.25) is 0 Å². The van der Waals surface area contributed by atoms with Crippen LogP contribution >= 0.6 is 29.9 Å². The zero-order valence-electron chi connectivity index (χ0n) is 27.2. The molecule has 0 nitrogen and oxygen atoms in total. The van der Waals surface area contributed by atoms with Crippen LogP contribution in [0.3, 0.4) is 0 Å². The average Bonchev–Trinajstić information content (AvgIpc) is 3.91. The third-order valence-electron chi connectivity index (χ3n) is 8.41. The molecule has 0 spiro atoms. The first kappa shape index (κ1) is 34.0. The number of hydrogen-bond donors (Lipinski definition) is 0. The van der Waals surface area contributed by atoms with Crippen molar-refractivity contribution in [2.45, 2.75) is 33.1 Å². The van der Waals surface area contributed by atoms with Gasteiger partial charge in [0, 0.05) is 4.88 Å². The molecule has 0 bridgehead atoms. The van der Waals surface area contributed by atoms with Crippen LogP contribution < -0.4 is 15.9 Å². The molecule has 2 aromatic heterocycles. The fourth-order valence-corrected chi connectivity index (χ4v) is 13.6. The van der Waals surface area contributed by atoms with Crippen molar-refractivity contribution in [1.82, 2.24) is 0 Å². The monoisotopic (exact) mass is 852 g/mol. The summed E-state index contributed by atoms with van der Waals surface area (Å²) in [5, 5.41) is 5.11. The minimum absolute atomic E-state index is 1.06. The Balaban J connectivity index is 1.55. The predicted octanol–water partition coefficient (Wildman–Crippen LogP) is 11.2. The maximum absolute atomic E-state index is 3.82. The van der Waals surface area contributed by atoms with Crippen LogP contribution in [0.5, 0.6) is 0 Å². The van der Waals surface area contributed by atoms with E-state index in [0.717, 1.165) is 23.3 Å². The zero-order valence-corrected chi connectivity index (χ0v) is 32.2. The quantitative estimate of drug-likeness (QED) is 0.108. The Hall–Kier alpha value is -3.83. The molecule has 2 heterocycles. The summed E-state index contributed by atoms with van der Waals surface area (Å²) < 4.78 is 3.82. The Morgan fingerprint density at radius 1 is 0.646 bits per heavy atom. The van der Waals surface area contributed by atoms with E-state index in [2.05, 4.69) is 182 Å². The van der Waals surface area contributed by atoms with Crippen LogP contribution in [0.15, 0.2) is 156 Å². The summed E-state index contributed by atoms with van der Waals surface area (Å²) in [7, 11) is -2.37. The van der Waals surface area contributed by atoms with Crippen molar-refractivity contribution >= 4 is 64.1 Å². The molecule has 0 radical (unpaired) electrons. The second-order valence-corrected chi connectivity index (χ2v) is 17.6. The van der Waals surface area contributed by atoms with Crippen LogP contribution in [-0.4, -0.2) is 0 Å². The Morgan fingerprint density at radius 3 is 1.71 bits per heavy atom. The van der Waals surface area contributed by atoms with E-state index >= 15 is 0 Å². The second-order valence-electron chi connectivity index (χ2n) is 11.4. The van der Waals surface area contributed by atoms with Gasteiger partial charge in [-0.15, -0.1) is 0 Å². The van der Waals surface area contributed by atoms with E-state index in [1.54, 1.807) is 22.7 Å². The molecule has 1 saturated carbocycles. The van der Waals surface area contributed by atoms with Gasteiger partial charge >= 0.3 is 276 Å². The predicted molar refractivity (Wildman–Crippen MR) is 211 cm³/mol. The van der Waals surface area contributed by atoms with Crippen molar-refractivity contribution < 1.29 is 17.9 Å². The standard InChI is InChI=1S/C44H37PS2.Os/c1-4-16-41-27-28-43(46-41)31-32-44-30-29-42(47-44)26-25-36(33-37-18-15-17-35(37)5-2)34(3)45(38-19-9-6-10-20-38,39-21-11-7-12-22-39)40-23-13-8-14-24-40;/h4-14,16,19-24,27-33H,15,17-18H2,1-2H3;/q+1;/b16-4+,32-31+,35-5?,36-34?,37-33?;. The van der Waals surface area contributed by atoms with Gasteiger partial charge in [-0.25, -0.2) is 0 Å². The molecule has 0 aliphatic heterocycles. The molecule has 3 aromatic carbocycles. The molecule has 1 aliphatic carbocycles. The summed E-state index contributed by atoms with van der Waals surface area (Å²) in [6, 6.07) is 41.8. The topological polar surface area (TPSA) is 0 Å². The summed E-state index contributed by atoms with van der Waals surface area (Å²) in [6.45, 7) is 4.22. The Bertz CT molecular complexity index is 2030. The molecule has 0 N–H and O–H groups in total. The fourth-order valence-electron chi connectivity index (χ4n) is 6.21. The molecule has 4 heteroatoms. The van der Waals surface area contributed by atoms with Gasteiger partial charge in [0.05, 0.1) is 0 Å². The first-order chi connectivity index (χ1) is 23.6. The SMILES string of the molecule is CC=C1CCCC1=CC(C#Cc1ccc(/C=C/c2ccc(/C=C/C)s2)s1)=C([C]#[Os])[P+](c1ccccc1)(c1ccccc1)c1ccccc1. The number of thiophene rings is 2. The molecule has 0 amide bonds. The minimum atomic E-state index is -2.37. The van der Waals surface area contributed by atoms with Gasteiger partial charge in [-0.2, -0.15) is 0 Å². The number of rotatable bonds is 8. The van der Waals surface area contributed by atoms with E-state index in [4.69, 9.17) is 0 Å². The first-order valence-corrected chi connectivity index (χ1v) is 20.9. The molecule has 237 valence electrons. The normalized spacial score (nSPS) is 15.5. The summed E-state index contributed by atoms with van der Waals surface area (Å²) >= 11 is 5.36. The van der Waals surface area contributed by atoms with Crippen LogP contribution in [0.1, 0.15) is 52.6 Å². The Labute approximate surface area is 304 Å². The third-order valence-corrected chi connectivity index (χ3v) is 15.8.